The molecule has 0 radical (unpaired) electrons. The molecule has 1 aliphatic rings. The number of allylic oxidation sites excluding steroid dienone is 1. The lowest BCUT2D eigenvalue weighted by Crippen LogP contribution is -2.34. The van der Waals surface area contributed by atoms with E-state index in [0.717, 1.165) is 6.08 Å². The van der Waals surface area contributed by atoms with Gasteiger partial charge in [-0.1, -0.05) is 72.8 Å². The summed E-state index contributed by atoms with van der Waals surface area (Å²) in [5, 5.41) is 2.88. The van der Waals surface area contributed by atoms with Crippen molar-refractivity contribution in [3.8, 4) is 11.1 Å². The van der Waals surface area contributed by atoms with Crippen molar-refractivity contribution >= 4 is 34.7 Å². The number of anilines is 2. The summed E-state index contributed by atoms with van der Waals surface area (Å²) in [4.78, 5) is 42.9. The van der Waals surface area contributed by atoms with E-state index in [1.54, 1.807) is 84.9 Å². The molecular formula is C34H29F2N3O3. The van der Waals surface area contributed by atoms with Crippen molar-refractivity contribution in [1.82, 2.24) is 4.90 Å². The first-order valence-corrected chi connectivity index (χ1v) is 13.4. The normalized spacial score (nSPS) is 15.0. The SMILES string of the molecule is CN(C)C(=O)C=C1c2ccccc2N(C(=O)c2cccc(C(=O)Nc3ccccc3)c2-c2ccccc2)CCC1(F)F. The highest BCUT2D eigenvalue weighted by Gasteiger charge is 2.42. The van der Waals surface area contributed by atoms with E-state index >= 15 is 8.78 Å². The second-order valence-corrected chi connectivity index (χ2v) is 10.1. The number of benzene rings is 4. The number of nitrogens with one attached hydrogen (secondary N) is 1. The highest BCUT2D eigenvalue weighted by molar-refractivity contribution is 6.17. The smallest absolute Gasteiger partial charge is 0.275 e. The number of rotatable bonds is 5. The molecule has 0 bridgehead atoms. The van der Waals surface area contributed by atoms with Crippen LogP contribution in [0.15, 0.2) is 109 Å². The number of amides is 3. The van der Waals surface area contributed by atoms with Gasteiger partial charge in [0.25, 0.3) is 17.7 Å². The minimum atomic E-state index is -3.36. The predicted molar refractivity (Wildman–Crippen MR) is 161 cm³/mol. The summed E-state index contributed by atoms with van der Waals surface area (Å²) in [6.45, 7) is -0.301. The first-order valence-electron chi connectivity index (χ1n) is 13.4. The first-order chi connectivity index (χ1) is 20.2. The van der Waals surface area contributed by atoms with Crippen molar-refractivity contribution in [2.45, 2.75) is 12.3 Å². The second kappa shape index (κ2) is 11.8. The van der Waals surface area contributed by atoms with Gasteiger partial charge in [0.15, 0.2) is 0 Å². The van der Waals surface area contributed by atoms with E-state index in [2.05, 4.69) is 5.32 Å². The number of hydrogen-bond donors (Lipinski definition) is 1. The summed E-state index contributed by atoms with van der Waals surface area (Å²) >= 11 is 0. The Morgan fingerprint density at radius 3 is 2.12 bits per heavy atom. The first kappa shape index (κ1) is 28.4. The van der Waals surface area contributed by atoms with Gasteiger partial charge in [-0.05, 0) is 35.9 Å². The lowest BCUT2D eigenvalue weighted by molar-refractivity contribution is -0.123. The van der Waals surface area contributed by atoms with Crippen LogP contribution in [0.2, 0.25) is 0 Å². The Labute approximate surface area is 242 Å². The molecule has 0 aromatic heterocycles. The second-order valence-electron chi connectivity index (χ2n) is 10.1. The summed E-state index contributed by atoms with van der Waals surface area (Å²) < 4.78 is 31.1. The van der Waals surface area contributed by atoms with E-state index in [4.69, 9.17) is 0 Å². The third kappa shape index (κ3) is 5.69. The minimum absolute atomic E-state index is 0.0998. The third-order valence-electron chi connectivity index (χ3n) is 7.12. The Hall–Kier alpha value is -5.11. The summed E-state index contributed by atoms with van der Waals surface area (Å²) in [6, 6.07) is 29.2. The van der Waals surface area contributed by atoms with Crippen LogP contribution in [0.5, 0.6) is 0 Å². The molecular weight excluding hydrogens is 536 g/mol. The van der Waals surface area contributed by atoms with Crippen molar-refractivity contribution in [3.05, 3.63) is 126 Å². The van der Waals surface area contributed by atoms with Gasteiger partial charge >= 0.3 is 0 Å². The van der Waals surface area contributed by atoms with Crippen molar-refractivity contribution in [2.24, 2.45) is 0 Å². The molecule has 4 aromatic carbocycles. The molecule has 42 heavy (non-hydrogen) atoms. The lowest BCUT2D eigenvalue weighted by Gasteiger charge is -2.25. The number of likely N-dealkylation sites (N-methyl/N-ethyl adjacent to an activating group) is 1. The van der Waals surface area contributed by atoms with Crippen LogP contribution in [0.1, 0.15) is 32.7 Å². The van der Waals surface area contributed by atoms with Crippen LogP contribution in [-0.4, -0.2) is 49.2 Å². The van der Waals surface area contributed by atoms with E-state index < -0.39 is 35.6 Å². The van der Waals surface area contributed by atoms with Crippen molar-refractivity contribution in [3.63, 3.8) is 0 Å². The van der Waals surface area contributed by atoms with Gasteiger partial charge in [0.1, 0.15) is 0 Å². The number of nitrogens with zero attached hydrogens (tertiary/aromatic N) is 2. The maximum Gasteiger partial charge on any atom is 0.275 e. The van der Waals surface area contributed by atoms with E-state index in [0.29, 0.717) is 16.8 Å². The van der Waals surface area contributed by atoms with Crippen LogP contribution in [0.4, 0.5) is 20.2 Å². The molecule has 3 amide bonds. The molecule has 0 unspecified atom stereocenters. The number of alkyl halides is 2. The van der Waals surface area contributed by atoms with Crippen LogP contribution in [0.25, 0.3) is 16.7 Å². The highest BCUT2D eigenvalue weighted by Crippen LogP contribution is 2.44. The van der Waals surface area contributed by atoms with Gasteiger partial charge in [-0.2, -0.15) is 0 Å². The van der Waals surface area contributed by atoms with Gasteiger partial charge in [-0.3, -0.25) is 14.4 Å². The fraction of sp³-hybridized carbons (Fsp3) is 0.147. The molecule has 1 N–H and O–H groups in total. The van der Waals surface area contributed by atoms with E-state index in [9.17, 15) is 14.4 Å². The summed E-state index contributed by atoms with van der Waals surface area (Å²) in [5.41, 5.74) is 1.99. The fourth-order valence-electron chi connectivity index (χ4n) is 4.99. The van der Waals surface area contributed by atoms with Crippen molar-refractivity contribution < 1.29 is 23.2 Å². The maximum absolute atomic E-state index is 15.6. The molecule has 1 heterocycles. The number of hydrogen-bond acceptors (Lipinski definition) is 3. The molecule has 6 nitrogen and oxygen atoms in total. The van der Waals surface area contributed by atoms with Crippen molar-refractivity contribution in [2.75, 3.05) is 30.9 Å². The van der Waals surface area contributed by atoms with Crippen LogP contribution in [0, 0.1) is 0 Å². The largest absolute Gasteiger partial charge is 0.345 e. The molecule has 212 valence electrons. The molecule has 0 saturated carbocycles. The standard InChI is InChI=1S/C34H29F2N3O3/c1-38(2)30(40)22-28-25-16-9-10-19-29(25)39(21-20-34(28,35)36)33(42)27-18-11-17-26(31(27)23-12-5-3-6-13-23)32(41)37-24-14-7-4-8-15-24/h3-19,22H,20-21H2,1-2H3,(H,37,41). The molecule has 0 fully saturated rings. The van der Waals surface area contributed by atoms with Crippen LogP contribution in [0.3, 0.4) is 0 Å². The zero-order chi connectivity index (χ0) is 29.9. The zero-order valence-electron chi connectivity index (χ0n) is 23.2. The average Bonchev–Trinajstić information content (AvgIpc) is 3.10. The number of para-hydroxylation sites is 2. The van der Waals surface area contributed by atoms with Crippen molar-refractivity contribution in [1.29, 1.82) is 0 Å². The third-order valence-corrected chi connectivity index (χ3v) is 7.12. The van der Waals surface area contributed by atoms with E-state index in [-0.39, 0.29) is 28.9 Å². The van der Waals surface area contributed by atoms with E-state index in [1.165, 1.54) is 30.0 Å². The fourth-order valence-corrected chi connectivity index (χ4v) is 4.99. The summed E-state index contributed by atoms with van der Waals surface area (Å²) in [6.07, 6.45) is 0.256. The predicted octanol–water partition coefficient (Wildman–Crippen LogP) is 6.76. The lowest BCUT2D eigenvalue weighted by atomic mass is 9.92. The molecule has 8 heteroatoms. The summed E-state index contributed by atoms with van der Waals surface area (Å²) in [7, 11) is 2.98. The number of fused-ring (bicyclic) bond motifs is 1. The number of carbonyl (C=O) groups excluding carboxylic acids is 3. The number of carbonyl (C=O) groups is 3. The Balaban J connectivity index is 1.64. The Kier molecular flexibility index (Phi) is 7.97. The van der Waals surface area contributed by atoms with Crippen LogP contribution < -0.4 is 10.2 Å². The van der Waals surface area contributed by atoms with Crippen LogP contribution >= 0.6 is 0 Å². The topological polar surface area (TPSA) is 69.7 Å². The molecule has 0 atom stereocenters. The number of halogens is 2. The van der Waals surface area contributed by atoms with Gasteiger partial charge in [-0.25, -0.2) is 8.78 Å². The molecule has 0 aliphatic carbocycles. The Morgan fingerprint density at radius 2 is 1.43 bits per heavy atom. The van der Waals surface area contributed by atoms with Crippen LogP contribution in [-0.2, 0) is 4.79 Å². The molecule has 0 saturated heterocycles. The monoisotopic (exact) mass is 565 g/mol. The highest BCUT2D eigenvalue weighted by atomic mass is 19.3. The molecule has 1 aliphatic heterocycles. The average molecular weight is 566 g/mol. The quantitative estimate of drug-likeness (QED) is 0.272. The summed E-state index contributed by atoms with van der Waals surface area (Å²) in [5.74, 6) is -4.89. The maximum atomic E-state index is 15.6. The van der Waals surface area contributed by atoms with E-state index in [1.807, 2.05) is 12.1 Å². The van der Waals surface area contributed by atoms with Gasteiger partial charge in [0.05, 0.1) is 5.69 Å². The van der Waals surface area contributed by atoms with Gasteiger partial charge in [0.2, 0.25) is 5.91 Å². The molecule has 5 rings (SSSR count). The van der Waals surface area contributed by atoms with Gasteiger partial charge in [-0.15, -0.1) is 0 Å². The molecule has 0 spiro atoms. The zero-order valence-corrected chi connectivity index (χ0v) is 23.2. The molecule has 4 aromatic rings. The Bertz CT molecular complexity index is 1670. The van der Waals surface area contributed by atoms with Gasteiger partial charge in [0, 0.05) is 66.7 Å². The van der Waals surface area contributed by atoms with Gasteiger partial charge < -0.3 is 15.1 Å². The Morgan fingerprint density at radius 1 is 0.810 bits per heavy atom. The minimum Gasteiger partial charge on any atom is -0.345 e.